The summed E-state index contributed by atoms with van der Waals surface area (Å²) in [6.07, 6.45) is -0.0561. The van der Waals surface area contributed by atoms with Gasteiger partial charge in [0, 0.05) is 11.6 Å². The minimum absolute atomic E-state index is 0.0561. The summed E-state index contributed by atoms with van der Waals surface area (Å²) in [5.41, 5.74) is 5.34. The van der Waals surface area contributed by atoms with Gasteiger partial charge in [-0.05, 0) is 29.8 Å². The molecule has 0 aliphatic carbocycles. The van der Waals surface area contributed by atoms with E-state index in [1.165, 1.54) is 44.6 Å². The van der Waals surface area contributed by atoms with Gasteiger partial charge in [0.05, 0.1) is 20.6 Å². The van der Waals surface area contributed by atoms with Crippen molar-refractivity contribution in [2.75, 3.05) is 14.2 Å². The van der Waals surface area contributed by atoms with E-state index in [2.05, 4.69) is 10.9 Å². The molecule has 0 atom stereocenters. The maximum Gasteiger partial charge on any atom is 0.269 e. The van der Waals surface area contributed by atoms with Gasteiger partial charge in [-0.1, -0.05) is 12.1 Å². The van der Waals surface area contributed by atoms with Crippen LogP contribution in [0.25, 0.3) is 0 Å². The topological polar surface area (TPSA) is 76.7 Å². The zero-order valence-electron chi connectivity index (χ0n) is 13.3. The first-order valence-corrected chi connectivity index (χ1v) is 7.08. The Morgan fingerprint density at radius 3 is 2.25 bits per heavy atom. The number of carbonyl (C=O) groups is 2. The monoisotopic (exact) mass is 332 g/mol. The lowest BCUT2D eigenvalue weighted by molar-refractivity contribution is -0.121. The van der Waals surface area contributed by atoms with Crippen LogP contribution in [0, 0.1) is 5.82 Å². The molecule has 0 unspecified atom stereocenters. The van der Waals surface area contributed by atoms with Crippen molar-refractivity contribution in [3.63, 3.8) is 0 Å². The molecule has 0 fully saturated rings. The van der Waals surface area contributed by atoms with E-state index in [1.54, 1.807) is 12.1 Å². The van der Waals surface area contributed by atoms with Gasteiger partial charge in [-0.3, -0.25) is 20.4 Å². The predicted molar refractivity (Wildman–Crippen MR) is 85.3 cm³/mol. The highest BCUT2D eigenvalue weighted by Crippen LogP contribution is 2.22. The maximum absolute atomic E-state index is 13.1. The van der Waals surface area contributed by atoms with Crippen LogP contribution in [0.1, 0.15) is 15.9 Å². The van der Waals surface area contributed by atoms with Crippen molar-refractivity contribution in [3.05, 3.63) is 59.4 Å². The Hall–Kier alpha value is -3.09. The summed E-state index contributed by atoms with van der Waals surface area (Å²) in [5, 5.41) is 0. The highest BCUT2D eigenvalue weighted by Gasteiger charge is 2.11. The fraction of sp³-hybridized carbons (Fsp3) is 0.176. The van der Waals surface area contributed by atoms with Gasteiger partial charge in [-0.25, -0.2) is 4.39 Å². The molecule has 2 amide bonds. The van der Waals surface area contributed by atoms with E-state index in [-0.39, 0.29) is 12.0 Å². The van der Waals surface area contributed by atoms with Crippen LogP contribution in [0.3, 0.4) is 0 Å². The molecule has 24 heavy (non-hydrogen) atoms. The smallest absolute Gasteiger partial charge is 0.269 e. The van der Waals surface area contributed by atoms with E-state index in [0.717, 1.165) is 0 Å². The average Bonchev–Trinajstić information content (AvgIpc) is 2.59. The van der Waals surface area contributed by atoms with E-state index in [0.29, 0.717) is 17.1 Å². The van der Waals surface area contributed by atoms with Gasteiger partial charge in [-0.2, -0.15) is 0 Å². The number of hydrogen-bond donors (Lipinski definition) is 2. The SMILES string of the molecule is COc1cc(OC)cc(C(=O)NNC(=O)Cc2cccc(F)c2)c1. The number of methoxy groups -OCH3 is 2. The third-order valence-corrected chi connectivity index (χ3v) is 3.18. The quantitative estimate of drug-likeness (QED) is 0.819. The molecule has 0 spiro atoms. The average molecular weight is 332 g/mol. The van der Waals surface area contributed by atoms with Crippen molar-refractivity contribution in [1.29, 1.82) is 0 Å². The molecule has 7 heteroatoms. The molecular formula is C17H17FN2O4. The molecule has 0 heterocycles. The highest BCUT2D eigenvalue weighted by molar-refractivity contribution is 5.96. The second-order valence-corrected chi connectivity index (χ2v) is 4.91. The van der Waals surface area contributed by atoms with E-state index in [4.69, 9.17) is 9.47 Å². The van der Waals surface area contributed by atoms with Gasteiger partial charge < -0.3 is 9.47 Å². The zero-order valence-corrected chi connectivity index (χ0v) is 13.3. The van der Waals surface area contributed by atoms with E-state index in [9.17, 15) is 14.0 Å². The minimum Gasteiger partial charge on any atom is -0.497 e. The van der Waals surface area contributed by atoms with Crippen molar-refractivity contribution in [2.45, 2.75) is 6.42 Å². The van der Waals surface area contributed by atoms with Gasteiger partial charge in [0.2, 0.25) is 5.91 Å². The molecule has 0 radical (unpaired) electrons. The van der Waals surface area contributed by atoms with Gasteiger partial charge >= 0.3 is 0 Å². The summed E-state index contributed by atoms with van der Waals surface area (Å²) in [6.45, 7) is 0. The summed E-state index contributed by atoms with van der Waals surface area (Å²) in [5.74, 6) is -0.521. The molecular weight excluding hydrogens is 315 g/mol. The van der Waals surface area contributed by atoms with Crippen molar-refractivity contribution in [3.8, 4) is 11.5 Å². The Morgan fingerprint density at radius 2 is 1.67 bits per heavy atom. The van der Waals surface area contributed by atoms with E-state index in [1.807, 2.05) is 0 Å². The van der Waals surface area contributed by atoms with Crippen LogP contribution in [-0.4, -0.2) is 26.0 Å². The molecule has 0 aromatic heterocycles. The molecule has 0 saturated heterocycles. The van der Waals surface area contributed by atoms with Gasteiger partial charge in [0.15, 0.2) is 0 Å². The summed E-state index contributed by atoms with van der Waals surface area (Å²) in [7, 11) is 2.94. The number of benzene rings is 2. The Labute approximate surface area is 138 Å². The highest BCUT2D eigenvalue weighted by atomic mass is 19.1. The fourth-order valence-corrected chi connectivity index (χ4v) is 2.01. The first kappa shape index (κ1) is 17.3. The second-order valence-electron chi connectivity index (χ2n) is 4.91. The van der Waals surface area contributed by atoms with Crippen LogP contribution >= 0.6 is 0 Å². The lowest BCUT2D eigenvalue weighted by atomic mass is 10.1. The van der Waals surface area contributed by atoms with E-state index < -0.39 is 17.6 Å². The first-order valence-electron chi connectivity index (χ1n) is 7.08. The van der Waals surface area contributed by atoms with Crippen molar-refractivity contribution in [1.82, 2.24) is 10.9 Å². The number of nitrogens with one attached hydrogen (secondary N) is 2. The molecule has 6 nitrogen and oxygen atoms in total. The number of ether oxygens (including phenoxy) is 2. The van der Waals surface area contributed by atoms with Gasteiger partial charge in [-0.15, -0.1) is 0 Å². The summed E-state index contributed by atoms with van der Waals surface area (Å²) < 4.78 is 23.2. The molecule has 0 aliphatic rings. The van der Waals surface area contributed by atoms with Gasteiger partial charge in [0.25, 0.3) is 5.91 Å². The Bertz CT molecular complexity index is 727. The maximum atomic E-state index is 13.1. The lowest BCUT2D eigenvalue weighted by Gasteiger charge is -2.10. The number of halogens is 1. The van der Waals surface area contributed by atoms with Crippen molar-refractivity contribution < 1.29 is 23.5 Å². The number of hydrazine groups is 1. The van der Waals surface area contributed by atoms with Crippen LogP contribution < -0.4 is 20.3 Å². The Balaban J connectivity index is 1.96. The lowest BCUT2D eigenvalue weighted by Crippen LogP contribution is -2.42. The third-order valence-electron chi connectivity index (χ3n) is 3.18. The van der Waals surface area contributed by atoms with E-state index >= 15 is 0 Å². The Kier molecular flexibility index (Phi) is 5.73. The first-order chi connectivity index (χ1) is 11.5. The summed E-state index contributed by atoms with van der Waals surface area (Å²) >= 11 is 0. The minimum atomic E-state index is -0.528. The van der Waals surface area contributed by atoms with Crippen molar-refractivity contribution in [2.24, 2.45) is 0 Å². The largest absolute Gasteiger partial charge is 0.497 e. The third kappa shape index (κ3) is 4.70. The summed E-state index contributed by atoms with van der Waals surface area (Å²) in [4.78, 5) is 23.9. The number of hydrogen-bond acceptors (Lipinski definition) is 4. The molecule has 0 saturated carbocycles. The molecule has 2 rings (SSSR count). The molecule has 2 aromatic carbocycles. The fourth-order valence-electron chi connectivity index (χ4n) is 2.01. The standard InChI is InChI=1S/C17H17FN2O4/c1-23-14-8-12(9-15(10-14)24-2)17(22)20-19-16(21)7-11-4-3-5-13(18)6-11/h3-6,8-10H,7H2,1-2H3,(H,19,21)(H,20,22). The van der Waals surface area contributed by atoms with Crippen LogP contribution in [0.2, 0.25) is 0 Å². The number of rotatable bonds is 5. The molecule has 2 aromatic rings. The normalized spacial score (nSPS) is 9.96. The number of carbonyl (C=O) groups excluding carboxylic acids is 2. The van der Waals surface area contributed by atoms with Crippen LogP contribution in [0.5, 0.6) is 11.5 Å². The van der Waals surface area contributed by atoms with Crippen molar-refractivity contribution >= 4 is 11.8 Å². The number of amides is 2. The second kappa shape index (κ2) is 7.96. The van der Waals surface area contributed by atoms with Gasteiger partial charge in [0.1, 0.15) is 17.3 Å². The molecule has 2 N–H and O–H groups in total. The van der Waals surface area contributed by atoms with Crippen LogP contribution in [0.4, 0.5) is 4.39 Å². The van der Waals surface area contributed by atoms with Crippen LogP contribution in [-0.2, 0) is 11.2 Å². The molecule has 126 valence electrons. The summed E-state index contributed by atoms with van der Waals surface area (Å²) in [6, 6.07) is 10.3. The molecule has 0 bridgehead atoms. The van der Waals surface area contributed by atoms with Crippen LogP contribution in [0.15, 0.2) is 42.5 Å². The Morgan fingerprint density at radius 1 is 1.00 bits per heavy atom. The molecule has 0 aliphatic heterocycles. The zero-order chi connectivity index (χ0) is 17.5. The predicted octanol–water partition coefficient (Wildman–Crippen LogP) is 1.85.